The van der Waals surface area contributed by atoms with Gasteiger partial charge >= 0.3 is 0 Å². The molecule has 29 heavy (non-hydrogen) atoms. The maximum atomic E-state index is 12.2. The van der Waals surface area contributed by atoms with Crippen LogP contribution in [-0.4, -0.2) is 22.7 Å². The Morgan fingerprint density at radius 2 is 1.62 bits per heavy atom. The van der Waals surface area contributed by atoms with E-state index in [2.05, 4.69) is 15.5 Å². The van der Waals surface area contributed by atoms with Gasteiger partial charge in [0.1, 0.15) is 5.75 Å². The molecule has 6 heteroatoms. The average molecular weight is 385 g/mol. The number of nitrogens with one attached hydrogen (secondary N) is 1. The zero-order valence-corrected chi connectivity index (χ0v) is 15.8. The molecule has 1 N–H and O–H groups in total. The summed E-state index contributed by atoms with van der Waals surface area (Å²) >= 11 is 0. The Labute approximate surface area is 168 Å². The number of anilines is 1. The van der Waals surface area contributed by atoms with E-state index < -0.39 is 0 Å². The fraction of sp³-hybridized carbons (Fsp3) is 0.0870. The number of amides is 1. The highest BCUT2D eigenvalue weighted by molar-refractivity contribution is 5.91. The summed E-state index contributed by atoms with van der Waals surface area (Å²) in [5, 5.41) is 6.88. The lowest BCUT2D eigenvalue weighted by Crippen LogP contribution is -2.20. The second kappa shape index (κ2) is 8.39. The smallest absolute Gasteiger partial charge is 0.262 e. The molecule has 0 aliphatic carbocycles. The molecule has 4 rings (SSSR count). The summed E-state index contributed by atoms with van der Waals surface area (Å²) in [6.07, 6.45) is 0. The van der Waals surface area contributed by atoms with Crippen LogP contribution in [0.3, 0.4) is 0 Å². The predicted octanol–water partition coefficient (Wildman–Crippen LogP) is 4.73. The first-order valence-electron chi connectivity index (χ1n) is 9.17. The van der Waals surface area contributed by atoms with Crippen molar-refractivity contribution in [2.24, 2.45) is 0 Å². The quantitative estimate of drug-likeness (QED) is 0.519. The van der Waals surface area contributed by atoms with Crippen molar-refractivity contribution < 1.29 is 14.1 Å². The zero-order chi connectivity index (χ0) is 20.1. The molecule has 0 spiro atoms. The first-order valence-corrected chi connectivity index (χ1v) is 9.17. The number of rotatable bonds is 6. The van der Waals surface area contributed by atoms with Crippen LogP contribution < -0.4 is 10.1 Å². The van der Waals surface area contributed by atoms with Crippen LogP contribution in [0.1, 0.15) is 5.56 Å². The SMILES string of the molecule is Cc1ccccc1-c1nc(-c2ccccc2OCC(=O)Nc2ccccc2)no1. The molecule has 0 aliphatic rings. The van der Waals surface area contributed by atoms with Gasteiger partial charge in [0.15, 0.2) is 6.61 Å². The molecule has 0 bridgehead atoms. The van der Waals surface area contributed by atoms with E-state index in [4.69, 9.17) is 9.26 Å². The molecule has 0 saturated carbocycles. The highest BCUT2D eigenvalue weighted by atomic mass is 16.5. The fourth-order valence-corrected chi connectivity index (χ4v) is 2.89. The Hall–Kier alpha value is -3.93. The molecule has 0 fully saturated rings. The minimum atomic E-state index is -0.250. The molecule has 6 nitrogen and oxygen atoms in total. The Morgan fingerprint density at radius 1 is 0.931 bits per heavy atom. The number of benzene rings is 3. The van der Waals surface area contributed by atoms with Crippen LogP contribution in [0.4, 0.5) is 5.69 Å². The molecule has 0 radical (unpaired) electrons. The zero-order valence-electron chi connectivity index (χ0n) is 15.8. The van der Waals surface area contributed by atoms with Gasteiger partial charge in [-0.3, -0.25) is 4.79 Å². The Morgan fingerprint density at radius 3 is 2.41 bits per heavy atom. The highest BCUT2D eigenvalue weighted by Crippen LogP contribution is 2.30. The predicted molar refractivity (Wildman–Crippen MR) is 110 cm³/mol. The molecule has 3 aromatic carbocycles. The van der Waals surface area contributed by atoms with Gasteiger partial charge in [-0.2, -0.15) is 4.98 Å². The molecule has 144 valence electrons. The molecule has 0 aliphatic heterocycles. The van der Waals surface area contributed by atoms with Gasteiger partial charge in [0, 0.05) is 11.3 Å². The molecule has 1 heterocycles. The highest BCUT2D eigenvalue weighted by Gasteiger charge is 2.16. The number of hydrogen-bond acceptors (Lipinski definition) is 5. The molecule has 1 amide bonds. The van der Waals surface area contributed by atoms with E-state index in [1.54, 1.807) is 6.07 Å². The van der Waals surface area contributed by atoms with E-state index in [0.29, 0.717) is 23.0 Å². The van der Waals surface area contributed by atoms with E-state index in [1.165, 1.54) is 0 Å². The summed E-state index contributed by atoms with van der Waals surface area (Å²) in [5.74, 6) is 1.10. The maximum Gasteiger partial charge on any atom is 0.262 e. The summed E-state index contributed by atoms with van der Waals surface area (Å²) < 4.78 is 11.2. The minimum absolute atomic E-state index is 0.131. The van der Waals surface area contributed by atoms with E-state index in [1.807, 2.05) is 79.7 Å². The first kappa shape index (κ1) is 18.4. The second-order valence-electron chi connectivity index (χ2n) is 6.44. The molecular formula is C23H19N3O3. The number of nitrogens with zero attached hydrogens (tertiary/aromatic N) is 2. The number of ether oxygens (including phenoxy) is 1. The van der Waals surface area contributed by atoms with Crippen molar-refractivity contribution in [1.29, 1.82) is 0 Å². The Balaban J connectivity index is 1.50. The summed E-state index contributed by atoms with van der Waals surface area (Å²) in [6.45, 7) is 1.86. The molecule has 0 saturated heterocycles. The third-order valence-electron chi connectivity index (χ3n) is 4.35. The van der Waals surface area contributed by atoms with Crippen LogP contribution >= 0.6 is 0 Å². The lowest BCUT2D eigenvalue weighted by Gasteiger charge is -2.09. The van der Waals surface area contributed by atoms with E-state index in [9.17, 15) is 4.79 Å². The van der Waals surface area contributed by atoms with Crippen LogP contribution in [0.5, 0.6) is 5.75 Å². The lowest BCUT2D eigenvalue weighted by atomic mass is 10.1. The first-order chi connectivity index (χ1) is 14.2. The van der Waals surface area contributed by atoms with Gasteiger partial charge in [0.25, 0.3) is 11.8 Å². The van der Waals surface area contributed by atoms with Gasteiger partial charge in [0.05, 0.1) is 5.56 Å². The van der Waals surface area contributed by atoms with Gasteiger partial charge in [-0.05, 0) is 42.8 Å². The largest absolute Gasteiger partial charge is 0.483 e. The Bertz CT molecular complexity index is 1120. The summed E-state index contributed by atoms with van der Waals surface area (Å²) in [4.78, 5) is 16.7. The maximum absolute atomic E-state index is 12.2. The standard InChI is InChI=1S/C23H19N3O3/c1-16-9-5-6-12-18(16)23-25-22(26-29-23)19-13-7-8-14-20(19)28-15-21(27)24-17-10-3-2-4-11-17/h2-14H,15H2,1H3,(H,24,27). The van der Waals surface area contributed by atoms with Crippen LogP contribution in [0.15, 0.2) is 83.4 Å². The Kier molecular flexibility index (Phi) is 5.33. The molecule has 0 unspecified atom stereocenters. The van der Waals surface area contributed by atoms with Crippen molar-refractivity contribution in [3.63, 3.8) is 0 Å². The number of carbonyl (C=O) groups excluding carboxylic acids is 1. The van der Waals surface area contributed by atoms with Crippen LogP contribution in [-0.2, 0) is 4.79 Å². The molecule has 1 aromatic heterocycles. The summed E-state index contributed by atoms with van der Waals surface area (Å²) in [7, 11) is 0. The van der Waals surface area contributed by atoms with Gasteiger partial charge < -0.3 is 14.6 Å². The lowest BCUT2D eigenvalue weighted by molar-refractivity contribution is -0.118. The van der Waals surface area contributed by atoms with Crippen LogP contribution in [0.25, 0.3) is 22.8 Å². The van der Waals surface area contributed by atoms with E-state index >= 15 is 0 Å². The van der Waals surface area contributed by atoms with E-state index in [0.717, 1.165) is 16.8 Å². The summed E-state index contributed by atoms with van der Waals surface area (Å²) in [5.41, 5.74) is 3.30. The van der Waals surface area contributed by atoms with Crippen molar-refractivity contribution >= 4 is 11.6 Å². The van der Waals surface area contributed by atoms with Crippen molar-refractivity contribution in [3.8, 4) is 28.6 Å². The van der Waals surface area contributed by atoms with Gasteiger partial charge in [0.2, 0.25) is 5.82 Å². The molecule has 0 atom stereocenters. The number of hydrogen-bond donors (Lipinski definition) is 1. The van der Waals surface area contributed by atoms with Crippen molar-refractivity contribution in [2.75, 3.05) is 11.9 Å². The van der Waals surface area contributed by atoms with Gasteiger partial charge in [-0.25, -0.2) is 0 Å². The molecular weight excluding hydrogens is 366 g/mol. The number of carbonyl (C=O) groups is 1. The topological polar surface area (TPSA) is 77.2 Å². The minimum Gasteiger partial charge on any atom is -0.483 e. The van der Waals surface area contributed by atoms with Crippen LogP contribution in [0.2, 0.25) is 0 Å². The van der Waals surface area contributed by atoms with Gasteiger partial charge in [-0.15, -0.1) is 0 Å². The number of aryl methyl sites for hydroxylation is 1. The number of aromatic nitrogens is 2. The molecule has 4 aromatic rings. The average Bonchev–Trinajstić information content (AvgIpc) is 3.23. The van der Waals surface area contributed by atoms with E-state index in [-0.39, 0.29) is 12.5 Å². The normalized spacial score (nSPS) is 10.5. The third-order valence-corrected chi connectivity index (χ3v) is 4.35. The second-order valence-corrected chi connectivity index (χ2v) is 6.44. The monoisotopic (exact) mass is 385 g/mol. The third kappa shape index (κ3) is 4.32. The van der Waals surface area contributed by atoms with Crippen molar-refractivity contribution in [1.82, 2.24) is 10.1 Å². The number of para-hydroxylation sites is 2. The van der Waals surface area contributed by atoms with Crippen molar-refractivity contribution in [2.45, 2.75) is 6.92 Å². The van der Waals surface area contributed by atoms with Crippen LogP contribution in [0, 0.1) is 6.92 Å². The fourth-order valence-electron chi connectivity index (χ4n) is 2.89. The van der Waals surface area contributed by atoms with Crippen molar-refractivity contribution in [3.05, 3.63) is 84.4 Å². The summed E-state index contributed by atoms with van der Waals surface area (Å²) in [6, 6.07) is 24.3. The van der Waals surface area contributed by atoms with Gasteiger partial charge in [-0.1, -0.05) is 53.7 Å².